The molecule has 1 aliphatic rings. The minimum Gasteiger partial charge on any atom is -0.396 e. The average Bonchev–Trinajstić information content (AvgIpc) is 2.55. The van der Waals surface area contributed by atoms with E-state index in [0.29, 0.717) is 11.5 Å². The van der Waals surface area contributed by atoms with Gasteiger partial charge in [-0.1, -0.05) is 13.8 Å². The highest BCUT2D eigenvalue weighted by atomic mass is 32.2. The van der Waals surface area contributed by atoms with Gasteiger partial charge >= 0.3 is 0 Å². The van der Waals surface area contributed by atoms with Crippen LogP contribution in [0.15, 0.2) is 29.2 Å². The molecule has 1 atom stereocenters. The molecule has 1 amide bonds. The van der Waals surface area contributed by atoms with E-state index >= 15 is 0 Å². The first-order chi connectivity index (χ1) is 10.5. The van der Waals surface area contributed by atoms with Crippen molar-refractivity contribution in [2.24, 2.45) is 5.92 Å². The molecule has 1 saturated carbocycles. The topological polar surface area (TPSA) is 66.4 Å². The van der Waals surface area contributed by atoms with Crippen LogP contribution in [0, 0.1) is 5.92 Å². The summed E-state index contributed by atoms with van der Waals surface area (Å²) in [5.41, 5.74) is 0.605. The Balaban J connectivity index is 1.92. The molecule has 5 heteroatoms. The molecule has 1 unspecified atom stereocenters. The molecular weight excluding hydrogens is 298 g/mol. The molecule has 0 aliphatic heterocycles. The summed E-state index contributed by atoms with van der Waals surface area (Å²) in [6.45, 7) is 4.08. The zero-order chi connectivity index (χ0) is 16.1. The lowest BCUT2D eigenvalue weighted by molar-refractivity contribution is 0.0914. The number of carbonyl (C=O) groups is 1. The van der Waals surface area contributed by atoms with Crippen LogP contribution < -0.4 is 5.32 Å². The normalized spacial score (nSPS) is 23.3. The number of aliphatic hydroxyl groups is 1. The minimum absolute atomic E-state index is 0.0707. The zero-order valence-corrected chi connectivity index (χ0v) is 14.1. The lowest BCUT2D eigenvalue weighted by Gasteiger charge is -2.28. The van der Waals surface area contributed by atoms with Gasteiger partial charge in [0, 0.05) is 28.4 Å². The van der Waals surface area contributed by atoms with E-state index in [9.17, 15) is 9.00 Å². The van der Waals surface area contributed by atoms with Crippen molar-refractivity contribution in [1.82, 2.24) is 5.32 Å². The van der Waals surface area contributed by atoms with E-state index in [0.717, 1.165) is 30.6 Å². The fourth-order valence-electron chi connectivity index (χ4n) is 2.77. The van der Waals surface area contributed by atoms with Crippen LogP contribution >= 0.6 is 0 Å². The second-order valence-electron chi connectivity index (χ2n) is 6.24. The van der Waals surface area contributed by atoms with Gasteiger partial charge in [0.15, 0.2) is 0 Å². The Morgan fingerprint density at radius 3 is 2.32 bits per heavy atom. The molecular formula is C17H25NO3S. The first-order valence-electron chi connectivity index (χ1n) is 7.93. The van der Waals surface area contributed by atoms with Gasteiger partial charge < -0.3 is 10.4 Å². The Kier molecular flexibility index (Phi) is 6.15. The van der Waals surface area contributed by atoms with Crippen molar-refractivity contribution in [2.75, 3.05) is 6.61 Å². The van der Waals surface area contributed by atoms with Crippen LogP contribution in [0.3, 0.4) is 0 Å². The van der Waals surface area contributed by atoms with Crippen molar-refractivity contribution < 1.29 is 14.1 Å². The first-order valence-corrected chi connectivity index (χ1v) is 9.15. The van der Waals surface area contributed by atoms with Crippen LogP contribution in [0.2, 0.25) is 0 Å². The van der Waals surface area contributed by atoms with Gasteiger partial charge in [-0.2, -0.15) is 0 Å². The first kappa shape index (κ1) is 17.2. The van der Waals surface area contributed by atoms with Crippen LogP contribution in [0.25, 0.3) is 0 Å². The third kappa shape index (κ3) is 4.40. The fraction of sp³-hybridized carbons (Fsp3) is 0.588. The number of benzene rings is 1. The zero-order valence-electron chi connectivity index (χ0n) is 13.2. The monoisotopic (exact) mass is 323 g/mol. The van der Waals surface area contributed by atoms with Gasteiger partial charge in [0.05, 0.1) is 10.8 Å². The summed E-state index contributed by atoms with van der Waals surface area (Å²) in [6, 6.07) is 7.22. The van der Waals surface area contributed by atoms with Crippen LogP contribution in [0.1, 0.15) is 49.9 Å². The largest absolute Gasteiger partial charge is 0.396 e. The Morgan fingerprint density at radius 1 is 1.23 bits per heavy atom. The highest BCUT2D eigenvalue weighted by molar-refractivity contribution is 7.85. The summed E-state index contributed by atoms with van der Waals surface area (Å²) in [6.07, 6.45) is 3.78. The molecule has 0 heterocycles. The molecule has 0 bridgehead atoms. The molecule has 1 aromatic rings. The molecule has 1 aromatic carbocycles. The molecule has 22 heavy (non-hydrogen) atoms. The summed E-state index contributed by atoms with van der Waals surface area (Å²) in [5.74, 6) is 0.313. The number of amides is 1. The minimum atomic E-state index is -1.02. The van der Waals surface area contributed by atoms with Crippen LogP contribution in [0.5, 0.6) is 0 Å². The van der Waals surface area contributed by atoms with Gasteiger partial charge in [-0.25, -0.2) is 0 Å². The number of nitrogens with one attached hydrogen (secondary N) is 1. The summed E-state index contributed by atoms with van der Waals surface area (Å²) in [4.78, 5) is 13.0. The Morgan fingerprint density at radius 2 is 1.82 bits per heavy atom. The van der Waals surface area contributed by atoms with Gasteiger partial charge in [0.25, 0.3) is 5.91 Å². The van der Waals surface area contributed by atoms with Crippen molar-refractivity contribution in [3.63, 3.8) is 0 Å². The summed E-state index contributed by atoms with van der Waals surface area (Å²) in [5, 5.41) is 12.3. The highest BCUT2D eigenvalue weighted by Crippen LogP contribution is 2.24. The maximum absolute atomic E-state index is 12.2. The van der Waals surface area contributed by atoms with E-state index in [4.69, 9.17) is 5.11 Å². The van der Waals surface area contributed by atoms with Crippen LogP contribution in [-0.2, 0) is 10.8 Å². The van der Waals surface area contributed by atoms with E-state index < -0.39 is 10.8 Å². The lowest BCUT2D eigenvalue weighted by atomic mass is 9.86. The Hall–Kier alpha value is -1.20. The molecule has 0 radical (unpaired) electrons. The van der Waals surface area contributed by atoms with E-state index in [-0.39, 0.29) is 23.8 Å². The van der Waals surface area contributed by atoms with Crippen LogP contribution in [-0.4, -0.2) is 33.1 Å². The molecule has 0 aromatic heterocycles. The van der Waals surface area contributed by atoms with Gasteiger partial charge in [-0.3, -0.25) is 9.00 Å². The van der Waals surface area contributed by atoms with Crippen molar-refractivity contribution in [1.29, 1.82) is 0 Å². The van der Waals surface area contributed by atoms with E-state index in [1.165, 1.54) is 0 Å². The van der Waals surface area contributed by atoms with Crippen LogP contribution in [0.4, 0.5) is 0 Å². The number of hydrogen-bond acceptors (Lipinski definition) is 3. The van der Waals surface area contributed by atoms with Gasteiger partial charge in [-0.05, 0) is 55.9 Å². The number of rotatable bonds is 5. The standard InChI is InChI=1S/C17H25NO3S/c1-12(2)22(21)16-9-5-14(6-10-16)17(20)18-15-7-3-13(11-19)4-8-15/h5-6,9-10,12-13,15,19H,3-4,7-8,11H2,1-2H3,(H,18,20). The second-order valence-corrected chi connectivity index (χ2v) is 8.25. The van der Waals surface area contributed by atoms with Crippen molar-refractivity contribution in [2.45, 2.75) is 55.7 Å². The lowest BCUT2D eigenvalue weighted by Crippen LogP contribution is -2.38. The van der Waals surface area contributed by atoms with Crippen molar-refractivity contribution >= 4 is 16.7 Å². The molecule has 0 spiro atoms. The van der Waals surface area contributed by atoms with Crippen molar-refractivity contribution in [3.05, 3.63) is 29.8 Å². The predicted octanol–water partition coefficient (Wildman–Crippen LogP) is 2.48. The predicted molar refractivity (Wildman–Crippen MR) is 88.3 cm³/mol. The Bertz CT molecular complexity index is 519. The molecule has 4 nitrogen and oxygen atoms in total. The van der Waals surface area contributed by atoms with E-state index in [2.05, 4.69) is 5.32 Å². The third-order valence-electron chi connectivity index (χ3n) is 4.22. The smallest absolute Gasteiger partial charge is 0.251 e. The van der Waals surface area contributed by atoms with E-state index in [1.807, 2.05) is 13.8 Å². The Labute approximate surface area is 134 Å². The quantitative estimate of drug-likeness (QED) is 0.875. The summed E-state index contributed by atoms with van der Waals surface area (Å²) >= 11 is 0. The number of carbonyl (C=O) groups excluding carboxylic acids is 1. The average molecular weight is 323 g/mol. The van der Waals surface area contributed by atoms with Crippen molar-refractivity contribution in [3.8, 4) is 0 Å². The molecule has 0 saturated heterocycles. The molecule has 122 valence electrons. The molecule has 1 aliphatic carbocycles. The number of aliphatic hydroxyl groups excluding tert-OH is 1. The molecule has 2 rings (SSSR count). The highest BCUT2D eigenvalue weighted by Gasteiger charge is 2.22. The van der Waals surface area contributed by atoms with Gasteiger partial charge in [0.1, 0.15) is 0 Å². The fourth-order valence-corrected chi connectivity index (χ4v) is 3.72. The molecule has 2 N–H and O–H groups in total. The summed E-state index contributed by atoms with van der Waals surface area (Å²) in [7, 11) is -1.02. The number of hydrogen-bond donors (Lipinski definition) is 2. The second kappa shape index (κ2) is 7.88. The van der Waals surface area contributed by atoms with Gasteiger partial charge in [0.2, 0.25) is 0 Å². The maximum Gasteiger partial charge on any atom is 0.251 e. The van der Waals surface area contributed by atoms with E-state index in [1.54, 1.807) is 24.3 Å². The molecule has 1 fully saturated rings. The maximum atomic E-state index is 12.2. The summed E-state index contributed by atoms with van der Waals surface area (Å²) < 4.78 is 12.0. The third-order valence-corrected chi connectivity index (χ3v) is 5.81. The SMILES string of the molecule is CC(C)S(=O)c1ccc(C(=O)NC2CCC(CO)CC2)cc1. The van der Waals surface area contributed by atoms with Gasteiger partial charge in [-0.15, -0.1) is 0 Å².